The Bertz CT molecular complexity index is 774. The van der Waals surface area contributed by atoms with Gasteiger partial charge in [0.15, 0.2) is 0 Å². The molecule has 0 bridgehead atoms. The molecular weight excluding hydrogens is 363 g/mol. The fraction of sp³-hybridized carbons (Fsp3) is 0.522. The summed E-state index contributed by atoms with van der Waals surface area (Å²) in [6.45, 7) is 13.7. The SMILES string of the molecule is Cc1cc(C(C)(C)C)ccc1-c1c[c]([Ge]([CH3])([CH3])[CH3])c(C(C)C)c[n+]1C. The summed E-state index contributed by atoms with van der Waals surface area (Å²) >= 11 is -1.94. The summed E-state index contributed by atoms with van der Waals surface area (Å²) in [6, 6.07) is 9.48. The summed E-state index contributed by atoms with van der Waals surface area (Å²) in [5.41, 5.74) is 7.20. The van der Waals surface area contributed by atoms with E-state index in [-0.39, 0.29) is 5.41 Å². The summed E-state index contributed by atoms with van der Waals surface area (Å²) in [6.07, 6.45) is 2.38. The maximum absolute atomic E-state index is 2.50. The Morgan fingerprint density at radius 3 is 2.04 bits per heavy atom. The van der Waals surface area contributed by atoms with Gasteiger partial charge in [-0.1, -0.05) is 0 Å². The maximum atomic E-state index is 2.50. The molecule has 0 spiro atoms. The Labute approximate surface area is 157 Å². The molecule has 0 saturated carbocycles. The molecule has 0 saturated heterocycles. The molecular formula is C23H36GeN+. The standard InChI is InChI=1S/C23H36GeN/c1-16(2)20-15-25(10)22(14-21(20)24(7,8)9)19-12-11-18(13-17(19)3)23(4,5)6/h11-16H,1-10H3/q+1. The second kappa shape index (κ2) is 6.91. The van der Waals surface area contributed by atoms with Crippen molar-refractivity contribution in [3.63, 3.8) is 0 Å². The molecule has 2 rings (SSSR count). The zero-order valence-electron chi connectivity index (χ0n) is 17.9. The average molecular weight is 399 g/mol. The third-order valence-electron chi connectivity index (χ3n) is 5.10. The number of hydrogen-bond acceptors (Lipinski definition) is 0. The molecule has 1 aromatic heterocycles. The first-order valence-electron chi connectivity index (χ1n) is 9.48. The van der Waals surface area contributed by atoms with E-state index in [0.29, 0.717) is 5.92 Å². The van der Waals surface area contributed by atoms with E-state index in [4.69, 9.17) is 0 Å². The predicted octanol–water partition coefficient (Wildman–Crippen LogP) is 5.45. The Morgan fingerprint density at radius 2 is 1.60 bits per heavy atom. The average Bonchev–Trinajstić information content (AvgIpc) is 2.45. The summed E-state index contributed by atoms with van der Waals surface area (Å²) in [4.78, 5) is 0. The third kappa shape index (κ3) is 4.37. The molecule has 2 aromatic rings. The normalized spacial score (nSPS) is 12.8. The van der Waals surface area contributed by atoms with Crippen LogP contribution in [0.15, 0.2) is 30.5 Å². The van der Waals surface area contributed by atoms with Crippen molar-refractivity contribution in [2.24, 2.45) is 7.05 Å². The minimum absolute atomic E-state index is 0.193. The van der Waals surface area contributed by atoms with Crippen molar-refractivity contribution in [2.45, 2.75) is 70.1 Å². The van der Waals surface area contributed by atoms with Gasteiger partial charge in [-0.05, 0) is 0 Å². The van der Waals surface area contributed by atoms with Crippen LogP contribution in [0.5, 0.6) is 0 Å². The van der Waals surface area contributed by atoms with Crippen LogP contribution in [0.2, 0.25) is 17.3 Å². The fourth-order valence-electron chi connectivity index (χ4n) is 3.46. The molecule has 136 valence electrons. The molecule has 25 heavy (non-hydrogen) atoms. The Morgan fingerprint density at radius 1 is 1.00 bits per heavy atom. The van der Waals surface area contributed by atoms with Crippen molar-refractivity contribution < 1.29 is 4.57 Å². The molecule has 0 amide bonds. The first kappa shape index (κ1) is 20.2. The van der Waals surface area contributed by atoms with Crippen LogP contribution in [0.1, 0.15) is 57.2 Å². The van der Waals surface area contributed by atoms with Crippen LogP contribution in [0.4, 0.5) is 0 Å². The summed E-state index contributed by atoms with van der Waals surface area (Å²) < 4.78 is 3.97. The molecule has 0 atom stereocenters. The van der Waals surface area contributed by atoms with Gasteiger partial charge in [-0.2, -0.15) is 0 Å². The van der Waals surface area contributed by atoms with Crippen LogP contribution in [-0.2, 0) is 12.5 Å². The molecule has 0 aliphatic carbocycles. The number of aryl methyl sites for hydroxylation is 2. The Kier molecular flexibility index (Phi) is 5.59. The van der Waals surface area contributed by atoms with Crippen LogP contribution < -0.4 is 8.96 Å². The molecule has 0 fully saturated rings. The summed E-state index contributed by atoms with van der Waals surface area (Å²) in [7, 11) is 2.19. The van der Waals surface area contributed by atoms with E-state index in [1.54, 1.807) is 4.40 Å². The summed E-state index contributed by atoms with van der Waals surface area (Å²) in [5, 5.41) is 0. The molecule has 1 nitrogen and oxygen atoms in total. The molecule has 0 aliphatic heterocycles. The van der Waals surface area contributed by atoms with Gasteiger partial charge in [0.05, 0.1) is 0 Å². The van der Waals surface area contributed by atoms with Gasteiger partial charge < -0.3 is 0 Å². The van der Waals surface area contributed by atoms with Crippen molar-refractivity contribution in [1.82, 2.24) is 0 Å². The fourth-order valence-corrected chi connectivity index (χ4v) is 7.22. The van der Waals surface area contributed by atoms with E-state index in [1.807, 2.05) is 0 Å². The Hall–Kier alpha value is -1.09. The van der Waals surface area contributed by atoms with E-state index < -0.39 is 13.3 Å². The first-order valence-corrected chi connectivity index (χ1v) is 16.8. The van der Waals surface area contributed by atoms with E-state index >= 15 is 0 Å². The second-order valence-electron chi connectivity index (χ2n) is 9.82. The number of pyridine rings is 1. The second-order valence-corrected chi connectivity index (χ2v) is 20.4. The van der Waals surface area contributed by atoms with E-state index in [2.05, 4.69) is 101 Å². The molecule has 0 aliphatic rings. The third-order valence-corrected chi connectivity index (χ3v) is 9.40. The van der Waals surface area contributed by atoms with Crippen molar-refractivity contribution in [2.75, 3.05) is 0 Å². The van der Waals surface area contributed by atoms with Crippen LogP contribution in [0.25, 0.3) is 11.3 Å². The number of rotatable bonds is 3. The quantitative estimate of drug-likeness (QED) is 0.477. The number of nitrogens with zero attached hydrogens (tertiary/aromatic N) is 1. The topological polar surface area (TPSA) is 3.88 Å². The number of benzene rings is 1. The van der Waals surface area contributed by atoms with Gasteiger partial charge in [0.25, 0.3) is 0 Å². The van der Waals surface area contributed by atoms with Crippen LogP contribution in [0, 0.1) is 6.92 Å². The summed E-state index contributed by atoms with van der Waals surface area (Å²) in [5.74, 6) is 8.08. The van der Waals surface area contributed by atoms with Gasteiger partial charge in [0.1, 0.15) is 0 Å². The van der Waals surface area contributed by atoms with Crippen LogP contribution in [0.3, 0.4) is 0 Å². The zero-order chi connectivity index (χ0) is 19.2. The molecule has 1 aromatic carbocycles. The van der Waals surface area contributed by atoms with Crippen molar-refractivity contribution in [3.8, 4) is 11.3 Å². The first-order chi connectivity index (χ1) is 11.3. The van der Waals surface area contributed by atoms with Gasteiger partial charge >= 0.3 is 158 Å². The van der Waals surface area contributed by atoms with Gasteiger partial charge in [-0.15, -0.1) is 0 Å². The molecule has 0 radical (unpaired) electrons. The molecule has 1 heterocycles. The number of hydrogen-bond donors (Lipinski definition) is 0. The van der Waals surface area contributed by atoms with Gasteiger partial charge in [0.2, 0.25) is 0 Å². The van der Waals surface area contributed by atoms with E-state index in [0.717, 1.165) is 0 Å². The minimum atomic E-state index is -1.94. The Balaban J connectivity index is 2.68. The van der Waals surface area contributed by atoms with E-state index in [9.17, 15) is 0 Å². The monoisotopic (exact) mass is 400 g/mol. The van der Waals surface area contributed by atoms with Crippen LogP contribution in [-0.4, -0.2) is 13.3 Å². The zero-order valence-corrected chi connectivity index (χ0v) is 20.0. The van der Waals surface area contributed by atoms with Crippen molar-refractivity contribution in [1.29, 1.82) is 0 Å². The molecule has 0 N–H and O–H groups in total. The predicted molar refractivity (Wildman–Crippen MR) is 114 cm³/mol. The van der Waals surface area contributed by atoms with Crippen molar-refractivity contribution in [3.05, 3.63) is 47.2 Å². The van der Waals surface area contributed by atoms with Crippen molar-refractivity contribution >= 4 is 17.7 Å². The van der Waals surface area contributed by atoms with E-state index in [1.165, 1.54) is 27.9 Å². The molecule has 2 heteroatoms. The van der Waals surface area contributed by atoms with Gasteiger partial charge in [-0.3, -0.25) is 0 Å². The van der Waals surface area contributed by atoms with Gasteiger partial charge in [-0.25, -0.2) is 0 Å². The number of aromatic nitrogens is 1. The molecule has 0 unspecified atom stereocenters. The van der Waals surface area contributed by atoms with Crippen LogP contribution >= 0.6 is 0 Å². The van der Waals surface area contributed by atoms with Gasteiger partial charge in [0, 0.05) is 0 Å².